The third-order valence-corrected chi connectivity index (χ3v) is 1.73. The minimum absolute atomic E-state index is 0. The summed E-state index contributed by atoms with van der Waals surface area (Å²) in [6.07, 6.45) is 0.471. The van der Waals surface area contributed by atoms with Crippen LogP contribution in [0.1, 0.15) is 20.3 Å². The van der Waals surface area contributed by atoms with Crippen molar-refractivity contribution in [2.45, 2.75) is 20.3 Å². The van der Waals surface area contributed by atoms with Crippen LogP contribution in [-0.4, -0.2) is 24.7 Å². The monoisotopic (exact) mass is 232 g/mol. The standard InChI is InChI=1S/C4H6O2.C3H8O3S.Na/c1-3(2)4(5)6;1-2-3-7(4,5)6;/h1H2,2H3,(H,5,6);2-3H2,1H3,(H,4,5,6);/q;;+1/p-1. The summed E-state index contributed by atoms with van der Waals surface area (Å²) in [4.78, 5) is 9.49. The number of carboxylic acids is 1. The second kappa shape index (κ2) is 9.67. The Hall–Kier alpha value is 0.120. The van der Waals surface area contributed by atoms with E-state index < -0.39 is 16.1 Å². The topological polar surface area (TPSA) is 94.5 Å². The fourth-order valence-electron chi connectivity index (χ4n) is 0.258. The molecule has 1 N–H and O–H groups in total. The van der Waals surface area contributed by atoms with Gasteiger partial charge in [0.2, 0.25) is 0 Å². The van der Waals surface area contributed by atoms with Crippen LogP contribution in [0.15, 0.2) is 12.2 Å². The van der Waals surface area contributed by atoms with E-state index in [0.29, 0.717) is 6.42 Å². The molecule has 0 atom stereocenters. The quantitative estimate of drug-likeness (QED) is 0.311. The van der Waals surface area contributed by atoms with E-state index in [9.17, 15) is 18.3 Å². The minimum atomic E-state index is -3.67. The summed E-state index contributed by atoms with van der Waals surface area (Å²) in [5.74, 6) is -1.32. The summed E-state index contributed by atoms with van der Waals surface area (Å²) in [6.45, 7) is 6.17. The van der Waals surface area contributed by atoms with Gasteiger partial charge in [-0.2, -0.15) is 8.42 Å². The predicted octanol–water partition coefficient (Wildman–Crippen LogP) is -3.40. The molecule has 14 heavy (non-hydrogen) atoms. The Labute approximate surface area is 106 Å². The molecule has 5 nitrogen and oxygen atoms in total. The molecule has 7 heteroatoms. The molecule has 0 aromatic rings. The van der Waals surface area contributed by atoms with Crippen LogP contribution in [0.3, 0.4) is 0 Å². The van der Waals surface area contributed by atoms with Crippen LogP contribution in [0.25, 0.3) is 0 Å². The fourth-order valence-corrected chi connectivity index (χ4v) is 0.774. The van der Waals surface area contributed by atoms with E-state index in [1.54, 1.807) is 6.92 Å². The smallest absolute Gasteiger partial charge is 0.545 e. The van der Waals surface area contributed by atoms with Gasteiger partial charge in [-0.05, 0) is 18.9 Å². The number of hydrogen-bond donors (Lipinski definition) is 1. The molecule has 0 aliphatic carbocycles. The molecule has 0 radical (unpaired) electrons. The molecule has 0 bridgehead atoms. The zero-order valence-electron chi connectivity index (χ0n) is 8.61. The van der Waals surface area contributed by atoms with Crippen molar-refractivity contribution in [1.82, 2.24) is 0 Å². The van der Waals surface area contributed by atoms with Gasteiger partial charge in [0.05, 0.1) is 11.7 Å². The molecular formula is C7H13NaO5S. The van der Waals surface area contributed by atoms with Crippen molar-refractivity contribution < 1.29 is 52.4 Å². The van der Waals surface area contributed by atoms with E-state index in [4.69, 9.17) is 4.55 Å². The van der Waals surface area contributed by atoms with Gasteiger partial charge < -0.3 is 9.90 Å². The van der Waals surface area contributed by atoms with Crippen molar-refractivity contribution in [3.8, 4) is 0 Å². The largest absolute Gasteiger partial charge is 1.00 e. The fraction of sp³-hybridized carbons (Fsp3) is 0.571. The van der Waals surface area contributed by atoms with Crippen molar-refractivity contribution in [3.63, 3.8) is 0 Å². The molecule has 0 aromatic heterocycles. The molecule has 0 amide bonds. The Balaban J connectivity index is -0.000000163. The molecule has 0 saturated heterocycles. The van der Waals surface area contributed by atoms with Gasteiger partial charge in [0.15, 0.2) is 0 Å². The molecule has 0 aromatic carbocycles. The van der Waals surface area contributed by atoms with E-state index in [2.05, 4.69) is 6.58 Å². The normalized spacial score (nSPS) is 9.07. The maximum absolute atomic E-state index is 9.79. The first kappa shape index (κ1) is 19.7. The molecule has 78 valence electrons. The Kier molecular flexibility index (Phi) is 13.6. The molecule has 0 fully saturated rings. The summed E-state index contributed by atoms with van der Waals surface area (Å²) >= 11 is 0. The van der Waals surface area contributed by atoms with Crippen LogP contribution in [0.5, 0.6) is 0 Å². The average Bonchev–Trinajstić information content (AvgIpc) is 1.85. The third-order valence-electron chi connectivity index (χ3n) is 0.811. The number of carboxylic acid groups (broad SMARTS) is 1. The zero-order valence-corrected chi connectivity index (χ0v) is 11.4. The SMILES string of the molecule is C=C(C)C(=O)[O-].CCCS(=O)(=O)O.[Na+]. The van der Waals surface area contributed by atoms with Gasteiger partial charge in [0.1, 0.15) is 0 Å². The molecular weight excluding hydrogens is 219 g/mol. The molecule has 0 aliphatic heterocycles. The Morgan fingerprint density at radius 3 is 1.79 bits per heavy atom. The second-order valence-electron chi connectivity index (χ2n) is 2.35. The van der Waals surface area contributed by atoms with Crippen molar-refractivity contribution in [2.24, 2.45) is 0 Å². The number of rotatable bonds is 3. The average molecular weight is 232 g/mol. The first-order valence-corrected chi connectivity index (χ1v) is 5.13. The van der Waals surface area contributed by atoms with Crippen LogP contribution in [-0.2, 0) is 14.9 Å². The minimum Gasteiger partial charge on any atom is -0.545 e. The maximum atomic E-state index is 9.79. The number of aliphatic carboxylic acids is 1. The van der Waals surface area contributed by atoms with Crippen molar-refractivity contribution in [1.29, 1.82) is 0 Å². The van der Waals surface area contributed by atoms with E-state index in [0.717, 1.165) is 0 Å². The Bertz CT molecular complexity index is 258. The van der Waals surface area contributed by atoms with Crippen LogP contribution in [0.2, 0.25) is 0 Å². The van der Waals surface area contributed by atoms with Gasteiger partial charge in [-0.15, -0.1) is 0 Å². The predicted molar refractivity (Wildman–Crippen MR) is 46.5 cm³/mol. The summed E-state index contributed by atoms with van der Waals surface area (Å²) in [7, 11) is -3.67. The van der Waals surface area contributed by atoms with Crippen molar-refractivity contribution >= 4 is 16.1 Å². The summed E-state index contributed by atoms with van der Waals surface area (Å²) in [5.41, 5.74) is 0.0648. The molecule has 0 unspecified atom stereocenters. The first-order chi connectivity index (χ1) is 5.70. The number of carbonyl (C=O) groups excluding carboxylic acids is 1. The molecule has 0 spiro atoms. The Morgan fingerprint density at radius 1 is 1.50 bits per heavy atom. The molecule has 0 rings (SSSR count). The van der Waals surface area contributed by atoms with E-state index in [1.807, 2.05) is 0 Å². The van der Waals surface area contributed by atoms with Gasteiger partial charge in [0.25, 0.3) is 10.1 Å². The second-order valence-corrected chi connectivity index (χ2v) is 3.93. The van der Waals surface area contributed by atoms with Crippen LogP contribution in [0, 0.1) is 0 Å². The van der Waals surface area contributed by atoms with Crippen molar-refractivity contribution in [2.75, 3.05) is 5.75 Å². The van der Waals surface area contributed by atoms with Crippen LogP contribution < -0.4 is 34.7 Å². The molecule has 0 heterocycles. The number of carbonyl (C=O) groups is 1. The number of hydrogen-bond acceptors (Lipinski definition) is 4. The Morgan fingerprint density at radius 2 is 1.79 bits per heavy atom. The van der Waals surface area contributed by atoms with Gasteiger partial charge in [0, 0.05) is 0 Å². The van der Waals surface area contributed by atoms with Crippen LogP contribution >= 0.6 is 0 Å². The summed E-state index contributed by atoms with van der Waals surface area (Å²) in [5, 5.41) is 9.49. The van der Waals surface area contributed by atoms with Gasteiger partial charge in [-0.3, -0.25) is 4.55 Å². The molecule has 0 saturated carbocycles. The van der Waals surface area contributed by atoms with E-state index in [-0.39, 0.29) is 40.9 Å². The summed E-state index contributed by atoms with van der Waals surface area (Å²) < 4.78 is 27.6. The van der Waals surface area contributed by atoms with Gasteiger partial charge in [-0.25, -0.2) is 0 Å². The van der Waals surface area contributed by atoms with Gasteiger partial charge in [-0.1, -0.05) is 13.5 Å². The van der Waals surface area contributed by atoms with Crippen LogP contribution in [0.4, 0.5) is 0 Å². The van der Waals surface area contributed by atoms with Crippen molar-refractivity contribution in [3.05, 3.63) is 12.2 Å². The maximum Gasteiger partial charge on any atom is 1.00 e. The van der Waals surface area contributed by atoms with E-state index >= 15 is 0 Å². The summed E-state index contributed by atoms with van der Waals surface area (Å²) in [6, 6.07) is 0. The molecule has 0 aliphatic rings. The van der Waals surface area contributed by atoms with Gasteiger partial charge >= 0.3 is 29.6 Å². The zero-order chi connectivity index (χ0) is 11.1. The van der Waals surface area contributed by atoms with E-state index in [1.165, 1.54) is 6.92 Å². The third kappa shape index (κ3) is 22.7. The first-order valence-electron chi connectivity index (χ1n) is 3.52.